The highest BCUT2D eigenvalue weighted by Crippen LogP contribution is 2.45. The Morgan fingerprint density at radius 1 is 1.05 bits per heavy atom. The largest absolute Gasteiger partial charge is 0.465 e. The third-order valence-electron chi connectivity index (χ3n) is 6.94. The number of hydrogen-bond acceptors (Lipinski definition) is 4. The molecule has 2 aliphatic rings. The number of carbonyl (C=O) groups is 2. The number of alkyl halides is 2. The van der Waals surface area contributed by atoms with Crippen LogP contribution in [-0.4, -0.2) is 46.6 Å². The SMILES string of the molecule is CC(C)(C)OC(=O)N1CCC(F)(F)C1.Cc1ccc2c(c1)cc1n2C(c2cc(F)cc(F)c2)Oc2cc(NC=O)ccc2-1. The highest BCUT2D eigenvalue weighted by Gasteiger charge is 2.41. The van der Waals surface area contributed by atoms with Crippen LogP contribution in [0.1, 0.15) is 44.5 Å². The number of rotatable bonds is 3. The molecule has 0 radical (unpaired) electrons. The van der Waals surface area contributed by atoms with Gasteiger partial charge in [0, 0.05) is 47.3 Å². The summed E-state index contributed by atoms with van der Waals surface area (Å²) in [6.45, 7) is 6.68. The van der Waals surface area contributed by atoms with Crippen molar-refractivity contribution in [1.82, 2.24) is 9.47 Å². The zero-order chi connectivity index (χ0) is 31.1. The topological polar surface area (TPSA) is 72.8 Å². The van der Waals surface area contributed by atoms with Gasteiger partial charge in [-0.05, 0) is 70.2 Å². The normalized spacial score (nSPS) is 16.8. The Hall–Kier alpha value is -4.54. The first-order valence-corrected chi connectivity index (χ1v) is 13.7. The molecule has 1 atom stereocenters. The summed E-state index contributed by atoms with van der Waals surface area (Å²) in [7, 11) is 0. The lowest BCUT2D eigenvalue weighted by Crippen LogP contribution is -2.36. The summed E-state index contributed by atoms with van der Waals surface area (Å²) in [5.41, 5.74) is 4.03. The van der Waals surface area contributed by atoms with Gasteiger partial charge in [0.15, 0.2) is 0 Å². The molecule has 2 amide bonds. The van der Waals surface area contributed by atoms with Crippen molar-refractivity contribution in [3.8, 4) is 17.0 Å². The Kier molecular flexibility index (Phi) is 7.85. The molecule has 226 valence electrons. The monoisotopic (exact) mass is 597 g/mol. The molecular formula is C32H31F4N3O4. The second-order valence-electron chi connectivity index (χ2n) is 11.6. The zero-order valence-electron chi connectivity index (χ0n) is 24.1. The van der Waals surface area contributed by atoms with Crippen LogP contribution in [0.5, 0.6) is 5.75 Å². The lowest BCUT2D eigenvalue weighted by Gasteiger charge is -2.30. The summed E-state index contributed by atoms with van der Waals surface area (Å²) >= 11 is 0. The first-order chi connectivity index (χ1) is 20.2. The Labute approximate surface area is 246 Å². The van der Waals surface area contributed by atoms with Crippen molar-refractivity contribution in [3.63, 3.8) is 0 Å². The molecule has 7 nitrogen and oxygen atoms in total. The summed E-state index contributed by atoms with van der Waals surface area (Å²) < 4.78 is 66.5. The molecule has 0 saturated carbocycles. The maximum Gasteiger partial charge on any atom is 0.410 e. The number of benzene rings is 3. The third-order valence-corrected chi connectivity index (χ3v) is 6.94. The smallest absolute Gasteiger partial charge is 0.410 e. The number of carbonyl (C=O) groups excluding carboxylic acids is 2. The van der Waals surface area contributed by atoms with Crippen molar-refractivity contribution in [2.24, 2.45) is 0 Å². The van der Waals surface area contributed by atoms with Crippen molar-refractivity contribution in [2.75, 3.05) is 18.4 Å². The van der Waals surface area contributed by atoms with Crippen molar-refractivity contribution >= 4 is 29.1 Å². The van der Waals surface area contributed by atoms with Crippen LogP contribution in [-0.2, 0) is 9.53 Å². The summed E-state index contributed by atoms with van der Waals surface area (Å²) in [6.07, 6.45) is -1.10. The first kappa shape index (κ1) is 29.9. The number of nitrogens with one attached hydrogen (secondary N) is 1. The van der Waals surface area contributed by atoms with Crippen LogP contribution in [0.25, 0.3) is 22.2 Å². The highest BCUT2D eigenvalue weighted by molar-refractivity contribution is 5.90. The minimum Gasteiger partial charge on any atom is -0.465 e. The van der Waals surface area contributed by atoms with Gasteiger partial charge in [0.1, 0.15) is 23.0 Å². The van der Waals surface area contributed by atoms with Gasteiger partial charge in [0.25, 0.3) is 5.92 Å². The van der Waals surface area contributed by atoms with E-state index in [-0.39, 0.29) is 13.0 Å². The predicted molar refractivity (Wildman–Crippen MR) is 154 cm³/mol. The van der Waals surface area contributed by atoms with E-state index in [1.807, 2.05) is 35.8 Å². The number of amides is 2. The molecule has 3 heterocycles. The number of aryl methyl sites for hydroxylation is 1. The molecule has 0 bridgehead atoms. The number of halogens is 4. The molecule has 3 aromatic carbocycles. The number of fused-ring (bicyclic) bond motifs is 5. The summed E-state index contributed by atoms with van der Waals surface area (Å²) in [6, 6.07) is 16.8. The Bertz CT molecular complexity index is 1680. The van der Waals surface area contributed by atoms with E-state index in [9.17, 15) is 27.2 Å². The van der Waals surface area contributed by atoms with Crippen molar-refractivity contribution in [3.05, 3.63) is 83.4 Å². The maximum atomic E-state index is 14.0. The fraction of sp³-hybridized carbons (Fsp3) is 0.312. The van der Waals surface area contributed by atoms with E-state index in [1.165, 1.54) is 12.1 Å². The van der Waals surface area contributed by atoms with Gasteiger partial charge < -0.3 is 24.3 Å². The number of ether oxygens (including phenoxy) is 2. The van der Waals surface area contributed by atoms with E-state index in [4.69, 9.17) is 9.47 Å². The quantitative estimate of drug-likeness (QED) is 0.194. The Morgan fingerprint density at radius 3 is 2.40 bits per heavy atom. The van der Waals surface area contributed by atoms with Crippen molar-refractivity contribution in [1.29, 1.82) is 0 Å². The van der Waals surface area contributed by atoms with E-state index in [0.717, 1.165) is 38.7 Å². The van der Waals surface area contributed by atoms with E-state index in [1.54, 1.807) is 32.9 Å². The Morgan fingerprint density at radius 2 is 1.77 bits per heavy atom. The molecule has 0 aliphatic carbocycles. The van der Waals surface area contributed by atoms with E-state index < -0.39 is 42.0 Å². The molecule has 1 saturated heterocycles. The second-order valence-corrected chi connectivity index (χ2v) is 11.6. The summed E-state index contributed by atoms with van der Waals surface area (Å²) in [4.78, 5) is 23.2. The van der Waals surface area contributed by atoms with Gasteiger partial charge in [-0.15, -0.1) is 0 Å². The van der Waals surface area contributed by atoms with Crippen molar-refractivity contribution < 1.29 is 36.6 Å². The number of anilines is 1. The molecular weight excluding hydrogens is 566 g/mol. The van der Waals surface area contributed by atoms with Gasteiger partial charge in [-0.25, -0.2) is 22.4 Å². The molecule has 0 spiro atoms. The fourth-order valence-electron chi connectivity index (χ4n) is 5.13. The second kappa shape index (κ2) is 11.3. The molecule has 43 heavy (non-hydrogen) atoms. The highest BCUT2D eigenvalue weighted by atomic mass is 19.3. The number of hydrogen-bond donors (Lipinski definition) is 1. The molecule has 11 heteroatoms. The lowest BCUT2D eigenvalue weighted by atomic mass is 10.1. The Balaban J connectivity index is 0.000000222. The maximum absolute atomic E-state index is 14.0. The van der Waals surface area contributed by atoms with Gasteiger partial charge in [0.2, 0.25) is 12.6 Å². The predicted octanol–water partition coefficient (Wildman–Crippen LogP) is 7.67. The van der Waals surface area contributed by atoms with E-state index >= 15 is 0 Å². The zero-order valence-corrected chi connectivity index (χ0v) is 24.1. The number of aromatic nitrogens is 1. The molecule has 2 aliphatic heterocycles. The molecule has 1 aromatic heterocycles. The van der Waals surface area contributed by atoms with Gasteiger partial charge in [0.05, 0.1) is 17.8 Å². The van der Waals surface area contributed by atoms with Crippen LogP contribution in [0.4, 0.5) is 28.0 Å². The van der Waals surface area contributed by atoms with E-state index in [0.29, 0.717) is 23.4 Å². The van der Waals surface area contributed by atoms with E-state index in [2.05, 4.69) is 11.4 Å². The molecule has 1 N–H and O–H groups in total. The summed E-state index contributed by atoms with van der Waals surface area (Å²) in [5.74, 6) is -3.56. The minimum atomic E-state index is -2.75. The third kappa shape index (κ3) is 6.60. The van der Waals surface area contributed by atoms with Crippen molar-refractivity contribution in [2.45, 2.75) is 51.9 Å². The fourth-order valence-corrected chi connectivity index (χ4v) is 5.13. The van der Waals surface area contributed by atoms with Crippen LogP contribution in [0, 0.1) is 18.6 Å². The minimum absolute atomic E-state index is 0.0713. The molecule has 6 rings (SSSR count). The average molecular weight is 598 g/mol. The van der Waals surface area contributed by atoms with Gasteiger partial charge in [-0.1, -0.05) is 11.6 Å². The number of nitrogens with zero attached hydrogens (tertiary/aromatic N) is 2. The first-order valence-electron chi connectivity index (χ1n) is 13.7. The number of likely N-dealkylation sites (tertiary alicyclic amines) is 1. The molecule has 1 fully saturated rings. The van der Waals surface area contributed by atoms with Crippen LogP contribution in [0.3, 0.4) is 0 Å². The van der Waals surface area contributed by atoms with Crippen LogP contribution < -0.4 is 10.1 Å². The van der Waals surface area contributed by atoms with Gasteiger partial charge in [-0.3, -0.25) is 4.79 Å². The van der Waals surface area contributed by atoms with Crippen LogP contribution >= 0.6 is 0 Å². The van der Waals surface area contributed by atoms with Gasteiger partial charge in [-0.2, -0.15) is 0 Å². The molecule has 1 unspecified atom stereocenters. The standard InChI is InChI=1S/C23H16F2N2O2.C9H15F2NO2/c1-13-2-5-20-14(6-13)9-21-19-4-3-18(26-12-28)11-22(19)29-23(27(20)21)15-7-16(24)10-17(25)8-15;1-8(2,3)14-7(13)12-5-4-9(10,11)6-12/h2-12,23H,1H3,(H,26,28);4-6H2,1-3H3. The van der Waals surface area contributed by atoms with Crippen LogP contribution in [0.2, 0.25) is 0 Å². The average Bonchev–Trinajstić information content (AvgIpc) is 3.46. The van der Waals surface area contributed by atoms with Crippen LogP contribution in [0.15, 0.2) is 60.7 Å². The lowest BCUT2D eigenvalue weighted by molar-refractivity contribution is -0.105. The summed E-state index contributed by atoms with van der Waals surface area (Å²) in [5, 5.41) is 3.61. The molecule has 4 aromatic rings. The van der Waals surface area contributed by atoms with Gasteiger partial charge >= 0.3 is 6.09 Å².